The van der Waals surface area contributed by atoms with Crippen LogP contribution in [0, 0.1) is 0 Å². The van der Waals surface area contributed by atoms with E-state index >= 15 is 0 Å². The van der Waals surface area contributed by atoms with Gasteiger partial charge in [-0.2, -0.15) is 13.5 Å². The van der Waals surface area contributed by atoms with Gasteiger partial charge in [0.2, 0.25) is 0 Å². The summed E-state index contributed by atoms with van der Waals surface area (Å²) in [5.74, 6) is -1.12. The molecule has 1 amide bonds. The van der Waals surface area contributed by atoms with E-state index in [-0.39, 0.29) is 51.5 Å². The molecule has 0 aliphatic rings. The van der Waals surface area contributed by atoms with E-state index in [0.29, 0.717) is 39.2 Å². The molecule has 0 aliphatic heterocycles. The van der Waals surface area contributed by atoms with Gasteiger partial charge < -0.3 is 15.2 Å². The van der Waals surface area contributed by atoms with Gasteiger partial charge in [0.15, 0.2) is 0 Å². The van der Waals surface area contributed by atoms with Gasteiger partial charge in [-0.05, 0) is 47.7 Å². The summed E-state index contributed by atoms with van der Waals surface area (Å²) < 4.78 is 38.2. The van der Waals surface area contributed by atoms with Crippen LogP contribution < -0.4 is 44.7 Å². The van der Waals surface area contributed by atoms with E-state index < -0.39 is 26.7 Å². The zero-order valence-electron chi connectivity index (χ0n) is 21.0. The number of carbonyl (C=O) groups excluding carboxylic acids is 1. The molecule has 0 fully saturated rings. The molecule has 4 aromatic rings. The van der Waals surface area contributed by atoms with Gasteiger partial charge in [0.05, 0.1) is 28.4 Å². The molecule has 0 radical (unpaired) electrons. The zero-order chi connectivity index (χ0) is 27.6. The third kappa shape index (κ3) is 6.72. The number of methoxy groups -OCH3 is 1. The Morgan fingerprint density at radius 1 is 1.08 bits per heavy atom. The number of benzene rings is 4. The van der Waals surface area contributed by atoms with E-state index in [9.17, 15) is 22.9 Å². The Hall–Kier alpha value is -2.70. The first-order valence-electron chi connectivity index (χ1n) is 11.1. The van der Waals surface area contributed by atoms with Crippen molar-refractivity contribution in [1.29, 1.82) is 0 Å². The van der Waals surface area contributed by atoms with E-state index in [0.717, 1.165) is 6.07 Å². The molecular weight excluding hydrogens is 576 g/mol. The number of nitrogens with one attached hydrogen (secondary N) is 1. The number of nitrogens with zero attached hydrogens (tertiary/aromatic N) is 2. The average molecular weight is 596 g/mol. The number of aryl methyl sites for hydroxylation is 1. The van der Waals surface area contributed by atoms with Crippen LogP contribution in [0.3, 0.4) is 0 Å². The fraction of sp³-hybridized carbons (Fsp3) is 0.115. The van der Waals surface area contributed by atoms with Crippen LogP contribution in [-0.4, -0.2) is 26.0 Å². The number of azo groups is 1. The number of anilines is 1. The second-order valence-electron chi connectivity index (χ2n) is 8.07. The normalized spacial score (nSPS) is 11.4. The van der Waals surface area contributed by atoms with Gasteiger partial charge in [-0.15, -0.1) is 5.11 Å². The molecule has 13 heteroatoms. The van der Waals surface area contributed by atoms with Crippen molar-refractivity contribution in [2.75, 3.05) is 12.4 Å². The molecular formula is C26H20Cl2N3NaO6S. The number of amides is 1. The second-order valence-corrected chi connectivity index (χ2v) is 10.3. The summed E-state index contributed by atoms with van der Waals surface area (Å²) in [5, 5.41) is 25.7. The number of carbonyl (C=O) groups is 1. The molecule has 0 atom stereocenters. The Balaban J connectivity index is 0.00000420. The van der Waals surface area contributed by atoms with E-state index in [2.05, 4.69) is 15.5 Å². The Kier molecular flexibility index (Phi) is 10.0. The molecule has 0 saturated carbocycles. The van der Waals surface area contributed by atoms with E-state index in [1.807, 2.05) is 0 Å². The van der Waals surface area contributed by atoms with Crippen molar-refractivity contribution in [2.45, 2.75) is 18.2 Å². The summed E-state index contributed by atoms with van der Waals surface area (Å²) in [6, 6.07) is 15.1. The van der Waals surface area contributed by atoms with Gasteiger partial charge in [-0.25, -0.2) is 0 Å². The van der Waals surface area contributed by atoms with Crippen molar-refractivity contribution in [2.24, 2.45) is 10.2 Å². The van der Waals surface area contributed by atoms with Crippen molar-refractivity contribution >= 4 is 67.1 Å². The van der Waals surface area contributed by atoms with Gasteiger partial charge in [-0.3, -0.25) is 9.35 Å². The molecule has 4 rings (SSSR count). The van der Waals surface area contributed by atoms with Crippen molar-refractivity contribution in [3.63, 3.8) is 0 Å². The summed E-state index contributed by atoms with van der Waals surface area (Å²) in [4.78, 5) is 12.8. The van der Waals surface area contributed by atoms with Crippen molar-refractivity contribution in [3.8, 4) is 11.5 Å². The van der Waals surface area contributed by atoms with Gasteiger partial charge >= 0.3 is 29.6 Å². The molecule has 2 N–H and O–H groups in total. The fourth-order valence-corrected chi connectivity index (χ4v) is 4.75. The predicted molar refractivity (Wildman–Crippen MR) is 144 cm³/mol. The van der Waals surface area contributed by atoms with Crippen LogP contribution in [0.4, 0.5) is 17.1 Å². The summed E-state index contributed by atoms with van der Waals surface area (Å²) >= 11 is 12.4. The van der Waals surface area contributed by atoms with Crippen LogP contribution in [0.5, 0.6) is 11.5 Å². The van der Waals surface area contributed by atoms with Crippen molar-refractivity contribution in [1.82, 2.24) is 0 Å². The molecule has 0 saturated heterocycles. The Morgan fingerprint density at radius 2 is 1.79 bits per heavy atom. The van der Waals surface area contributed by atoms with Crippen LogP contribution >= 0.6 is 23.2 Å². The molecule has 0 unspecified atom stereocenters. The standard InChI is InChI=1S/C26H21Cl2N3O6S.Na/c1-3-14-10-17(38(34,35)36)13-21(23(14)28)30-31-24-18-7-5-4-6-15(18)11-19(25(24)32)26(33)29-20-9-8-16(27)12-22(20)37-2;/h4-13,32H,3H2,1-2H3,(H,29,33)(H,34,35,36);/q;+1/p-1. The van der Waals surface area contributed by atoms with Crippen LogP contribution in [0.2, 0.25) is 10.0 Å². The molecule has 0 heterocycles. The van der Waals surface area contributed by atoms with Gasteiger partial charge in [-0.1, -0.05) is 60.1 Å². The summed E-state index contributed by atoms with van der Waals surface area (Å²) in [7, 11) is -3.13. The van der Waals surface area contributed by atoms with Crippen LogP contribution in [-0.2, 0) is 16.5 Å². The quantitative estimate of drug-likeness (QED) is 0.189. The molecule has 39 heavy (non-hydrogen) atoms. The number of rotatable bonds is 7. The predicted octanol–water partition coefficient (Wildman–Crippen LogP) is 3.71. The van der Waals surface area contributed by atoms with E-state index in [1.54, 1.807) is 43.3 Å². The SMILES string of the molecule is CCc1cc(S(=O)(=O)O)cc(N=Nc2c([O-])c(C(=O)Nc3ccc(Cl)cc3OC)cc3ccccc23)c1Cl.[Na+]. The van der Waals surface area contributed by atoms with Gasteiger partial charge in [0.1, 0.15) is 11.4 Å². The molecule has 0 aromatic heterocycles. The minimum absolute atomic E-state index is 0. The maximum absolute atomic E-state index is 13.4. The zero-order valence-corrected chi connectivity index (χ0v) is 25.4. The molecule has 196 valence electrons. The smallest absolute Gasteiger partial charge is 0.870 e. The summed E-state index contributed by atoms with van der Waals surface area (Å²) in [6.45, 7) is 1.75. The number of halogens is 2. The Morgan fingerprint density at radius 3 is 2.46 bits per heavy atom. The third-order valence-corrected chi connectivity index (χ3v) is 7.17. The van der Waals surface area contributed by atoms with Crippen LogP contribution in [0.1, 0.15) is 22.8 Å². The Bertz CT molecular complexity index is 1710. The fourth-order valence-electron chi connectivity index (χ4n) is 3.76. The molecule has 0 aliphatic carbocycles. The van der Waals surface area contributed by atoms with Crippen molar-refractivity contribution < 1.29 is 57.2 Å². The van der Waals surface area contributed by atoms with Gasteiger partial charge in [0, 0.05) is 22.0 Å². The van der Waals surface area contributed by atoms with Crippen molar-refractivity contribution in [3.05, 3.63) is 81.8 Å². The largest absolute Gasteiger partial charge is 1.00 e. The van der Waals surface area contributed by atoms with E-state index in [1.165, 1.54) is 25.3 Å². The first-order chi connectivity index (χ1) is 18.0. The maximum atomic E-state index is 13.4. The third-order valence-electron chi connectivity index (χ3n) is 5.67. The maximum Gasteiger partial charge on any atom is 1.00 e. The number of hydrogen-bond donors (Lipinski definition) is 2. The first-order valence-corrected chi connectivity index (χ1v) is 13.3. The summed E-state index contributed by atoms with van der Waals surface area (Å²) in [5.41, 5.74) is 0.291. The molecule has 0 bridgehead atoms. The summed E-state index contributed by atoms with van der Waals surface area (Å²) in [6.07, 6.45) is 0.351. The Labute approximate surface area is 256 Å². The average Bonchev–Trinajstić information content (AvgIpc) is 2.88. The molecule has 4 aromatic carbocycles. The van der Waals surface area contributed by atoms with E-state index in [4.69, 9.17) is 27.9 Å². The minimum Gasteiger partial charge on any atom is -0.870 e. The minimum atomic E-state index is -4.55. The number of ether oxygens (including phenoxy) is 1. The second kappa shape index (κ2) is 12.6. The monoisotopic (exact) mass is 595 g/mol. The first kappa shape index (κ1) is 30.8. The number of hydrogen-bond acceptors (Lipinski definition) is 7. The van der Waals surface area contributed by atoms with Gasteiger partial charge in [0.25, 0.3) is 16.0 Å². The topological polar surface area (TPSA) is 140 Å². The molecule has 0 spiro atoms. The van der Waals surface area contributed by atoms with Crippen LogP contribution in [0.25, 0.3) is 10.8 Å². The number of fused-ring (bicyclic) bond motifs is 1. The van der Waals surface area contributed by atoms with Crippen LogP contribution in [0.15, 0.2) is 75.8 Å². The molecule has 9 nitrogen and oxygen atoms in total.